The first kappa shape index (κ1) is 19.5. The van der Waals surface area contributed by atoms with Crippen LogP contribution < -0.4 is 11.1 Å². The van der Waals surface area contributed by atoms with Crippen LogP contribution in [0.4, 0.5) is 0 Å². The number of benzene rings is 1. The fourth-order valence-electron chi connectivity index (χ4n) is 2.55. The first-order valence-electron chi connectivity index (χ1n) is 7.68. The number of aromatic hydroxyl groups is 1. The van der Waals surface area contributed by atoms with Crippen LogP contribution in [0.5, 0.6) is 5.75 Å². The number of piperidine rings is 1. The lowest BCUT2D eigenvalue weighted by atomic mass is 10.0. The Morgan fingerprint density at radius 1 is 1.43 bits per heavy atom. The molecule has 1 heterocycles. The molecule has 6 nitrogen and oxygen atoms in total. The van der Waals surface area contributed by atoms with Gasteiger partial charge < -0.3 is 21.1 Å². The van der Waals surface area contributed by atoms with E-state index >= 15 is 0 Å². The molecule has 1 unspecified atom stereocenters. The van der Waals surface area contributed by atoms with Crippen LogP contribution in [-0.4, -0.2) is 48.1 Å². The van der Waals surface area contributed by atoms with Gasteiger partial charge in [0.25, 0.3) is 5.91 Å². The monoisotopic (exact) mass is 432 g/mol. The summed E-state index contributed by atoms with van der Waals surface area (Å²) in [4.78, 5) is 18.3. The number of carbonyl (C=O) groups is 1. The first-order chi connectivity index (χ1) is 10.6. The van der Waals surface area contributed by atoms with Gasteiger partial charge in [-0.05, 0) is 43.0 Å². The van der Waals surface area contributed by atoms with Gasteiger partial charge in [0.05, 0.1) is 6.54 Å². The normalized spacial score (nSPS) is 18.2. The summed E-state index contributed by atoms with van der Waals surface area (Å²) in [5.74, 6) is 1.17. The average Bonchev–Trinajstić information content (AvgIpc) is 2.51. The smallest absolute Gasteiger partial charge is 0.251 e. The van der Waals surface area contributed by atoms with E-state index in [1.165, 1.54) is 18.6 Å². The van der Waals surface area contributed by atoms with Crippen molar-refractivity contribution in [2.75, 3.05) is 26.2 Å². The Bertz CT molecular complexity index is 533. The maximum absolute atomic E-state index is 11.9. The fourth-order valence-corrected chi connectivity index (χ4v) is 2.55. The molecule has 1 aliphatic rings. The largest absolute Gasteiger partial charge is 0.508 e. The summed E-state index contributed by atoms with van der Waals surface area (Å²) in [6.07, 6.45) is 2.39. The summed E-state index contributed by atoms with van der Waals surface area (Å²) < 4.78 is 0. The summed E-state index contributed by atoms with van der Waals surface area (Å²) >= 11 is 0. The van der Waals surface area contributed by atoms with Gasteiger partial charge in [0.1, 0.15) is 5.75 Å². The molecule has 4 N–H and O–H groups in total. The first-order valence-corrected chi connectivity index (χ1v) is 7.68. The number of aliphatic imine (C=N–C) groups is 1. The van der Waals surface area contributed by atoms with Gasteiger partial charge in [-0.1, -0.05) is 6.92 Å². The number of likely N-dealkylation sites (tertiary alicyclic amines) is 1. The molecule has 1 aromatic rings. The molecule has 1 aromatic carbocycles. The molecule has 1 aliphatic heterocycles. The number of hydrogen-bond donors (Lipinski definition) is 3. The van der Waals surface area contributed by atoms with Crippen molar-refractivity contribution < 1.29 is 9.90 Å². The van der Waals surface area contributed by atoms with Crippen LogP contribution >= 0.6 is 24.0 Å². The lowest BCUT2D eigenvalue weighted by molar-refractivity contribution is 0.0955. The second-order valence-electron chi connectivity index (χ2n) is 5.74. The zero-order chi connectivity index (χ0) is 15.9. The Balaban J connectivity index is 0.00000264. The van der Waals surface area contributed by atoms with Crippen molar-refractivity contribution in [3.63, 3.8) is 0 Å². The van der Waals surface area contributed by atoms with Gasteiger partial charge in [-0.25, -0.2) is 0 Å². The minimum absolute atomic E-state index is 0. The van der Waals surface area contributed by atoms with Crippen LogP contribution in [0, 0.1) is 5.92 Å². The van der Waals surface area contributed by atoms with Crippen molar-refractivity contribution in [2.45, 2.75) is 19.8 Å². The highest BCUT2D eigenvalue weighted by atomic mass is 127. The van der Waals surface area contributed by atoms with Crippen LogP contribution in [0.3, 0.4) is 0 Å². The third-order valence-corrected chi connectivity index (χ3v) is 3.78. The molecule has 0 radical (unpaired) electrons. The molecule has 0 spiro atoms. The lowest BCUT2D eigenvalue weighted by Crippen LogP contribution is -2.43. The maximum atomic E-state index is 11.9. The van der Waals surface area contributed by atoms with E-state index in [0.29, 0.717) is 30.5 Å². The molecule has 2 rings (SSSR count). The summed E-state index contributed by atoms with van der Waals surface area (Å²) in [7, 11) is 0. The number of halogens is 1. The van der Waals surface area contributed by atoms with E-state index in [2.05, 4.69) is 22.1 Å². The number of phenols is 1. The number of nitrogens with one attached hydrogen (secondary N) is 1. The minimum atomic E-state index is -0.180. The number of rotatable bonds is 4. The van der Waals surface area contributed by atoms with Gasteiger partial charge in [0.15, 0.2) is 5.96 Å². The third kappa shape index (κ3) is 6.25. The van der Waals surface area contributed by atoms with Crippen molar-refractivity contribution in [2.24, 2.45) is 16.6 Å². The number of amides is 1. The Labute approximate surface area is 154 Å². The Morgan fingerprint density at radius 3 is 2.78 bits per heavy atom. The maximum Gasteiger partial charge on any atom is 0.251 e. The predicted molar refractivity (Wildman–Crippen MR) is 102 cm³/mol. The van der Waals surface area contributed by atoms with Gasteiger partial charge in [0, 0.05) is 25.2 Å². The Hall–Kier alpha value is -1.51. The van der Waals surface area contributed by atoms with Crippen molar-refractivity contribution in [3.8, 4) is 5.75 Å². The van der Waals surface area contributed by atoms with E-state index in [1.807, 2.05) is 0 Å². The highest BCUT2D eigenvalue weighted by Crippen LogP contribution is 2.14. The number of hydrogen-bond acceptors (Lipinski definition) is 3. The molecule has 0 aliphatic carbocycles. The quantitative estimate of drug-likeness (QED) is 0.293. The summed E-state index contributed by atoms with van der Waals surface area (Å²) in [6.45, 7) is 5.02. The standard InChI is InChI=1S/C16H24N4O2.HI/c1-12-3-2-10-20(11-12)16(17)19-9-8-18-15(22)13-4-6-14(21)7-5-13;/h4-7,12,21H,2-3,8-11H2,1H3,(H2,17,19)(H,18,22);1H. The molecule has 7 heteroatoms. The summed E-state index contributed by atoms with van der Waals surface area (Å²) in [6, 6.07) is 6.14. The van der Waals surface area contributed by atoms with Gasteiger partial charge in [0.2, 0.25) is 0 Å². The van der Waals surface area contributed by atoms with Crippen LogP contribution in [-0.2, 0) is 0 Å². The van der Waals surface area contributed by atoms with E-state index in [0.717, 1.165) is 19.5 Å². The highest BCUT2D eigenvalue weighted by Gasteiger charge is 2.17. The van der Waals surface area contributed by atoms with E-state index in [1.54, 1.807) is 12.1 Å². The molecule has 1 fully saturated rings. The zero-order valence-electron chi connectivity index (χ0n) is 13.4. The molecule has 1 amide bonds. The fraction of sp³-hybridized carbons (Fsp3) is 0.500. The van der Waals surface area contributed by atoms with E-state index < -0.39 is 0 Å². The second-order valence-corrected chi connectivity index (χ2v) is 5.74. The van der Waals surface area contributed by atoms with E-state index in [-0.39, 0.29) is 35.6 Å². The van der Waals surface area contributed by atoms with E-state index in [9.17, 15) is 9.90 Å². The molecular weight excluding hydrogens is 407 g/mol. The van der Waals surface area contributed by atoms with Gasteiger partial charge >= 0.3 is 0 Å². The number of carbonyl (C=O) groups excluding carboxylic acids is 1. The topological polar surface area (TPSA) is 91.0 Å². The molecule has 1 saturated heterocycles. The van der Waals surface area contributed by atoms with E-state index in [4.69, 9.17) is 5.73 Å². The van der Waals surface area contributed by atoms with Gasteiger partial charge in [-0.15, -0.1) is 24.0 Å². The van der Waals surface area contributed by atoms with Crippen molar-refractivity contribution in [3.05, 3.63) is 29.8 Å². The number of nitrogens with zero attached hydrogens (tertiary/aromatic N) is 2. The van der Waals surface area contributed by atoms with Crippen molar-refractivity contribution in [1.29, 1.82) is 0 Å². The van der Waals surface area contributed by atoms with Gasteiger partial charge in [-0.3, -0.25) is 9.79 Å². The Morgan fingerprint density at radius 2 is 2.13 bits per heavy atom. The molecule has 1 atom stereocenters. The molecule has 23 heavy (non-hydrogen) atoms. The number of nitrogens with two attached hydrogens (primary N) is 1. The molecule has 0 saturated carbocycles. The summed E-state index contributed by atoms with van der Waals surface area (Å²) in [5.41, 5.74) is 6.50. The van der Waals surface area contributed by atoms with Crippen LogP contribution in [0.2, 0.25) is 0 Å². The zero-order valence-corrected chi connectivity index (χ0v) is 15.7. The lowest BCUT2D eigenvalue weighted by Gasteiger charge is -2.31. The Kier molecular flexibility index (Phi) is 8.15. The van der Waals surface area contributed by atoms with Gasteiger partial charge in [-0.2, -0.15) is 0 Å². The predicted octanol–water partition coefficient (Wildman–Crippen LogP) is 1.79. The minimum Gasteiger partial charge on any atom is -0.508 e. The number of guanidine groups is 1. The number of phenolic OH excluding ortho intramolecular Hbond substituents is 1. The third-order valence-electron chi connectivity index (χ3n) is 3.78. The molecule has 128 valence electrons. The molecule has 0 aromatic heterocycles. The average molecular weight is 432 g/mol. The van der Waals surface area contributed by atoms with Crippen molar-refractivity contribution >= 4 is 35.8 Å². The van der Waals surface area contributed by atoms with Crippen LogP contribution in [0.25, 0.3) is 0 Å². The summed E-state index contributed by atoms with van der Waals surface area (Å²) in [5, 5.41) is 12.0. The van der Waals surface area contributed by atoms with Crippen molar-refractivity contribution in [1.82, 2.24) is 10.2 Å². The van der Waals surface area contributed by atoms with Crippen LogP contribution in [0.15, 0.2) is 29.3 Å². The SMILES string of the molecule is CC1CCCN(C(N)=NCCNC(=O)c2ccc(O)cc2)C1.I. The second kappa shape index (κ2) is 9.59. The molecule has 0 bridgehead atoms. The van der Waals surface area contributed by atoms with Crippen LogP contribution in [0.1, 0.15) is 30.1 Å². The highest BCUT2D eigenvalue weighted by molar-refractivity contribution is 14.0. The molecular formula is C16H25IN4O2.